The van der Waals surface area contributed by atoms with Crippen LogP contribution in [0.2, 0.25) is 0 Å². The highest BCUT2D eigenvalue weighted by atomic mass is 32.2. The molecule has 1 saturated heterocycles. The maximum atomic E-state index is 5.16. The van der Waals surface area contributed by atoms with E-state index < -0.39 is 0 Å². The standard InChI is InChI=1S/C6H12OS/c1-5-3-6(7-2)4-8-5/h5-6H,3-4H2,1-2H3. The highest BCUT2D eigenvalue weighted by Crippen LogP contribution is 2.27. The maximum absolute atomic E-state index is 5.16. The lowest BCUT2D eigenvalue weighted by Crippen LogP contribution is -2.08. The van der Waals surface area contributed by atoms with Gasteiger partial charge in [0, 0.05) is 18.1 Å². The zero-order valence-electron chi connectivity index (χ0n) is 5.39. The van der Waals surface area contributed by atoms with E-state index in [-0.39, 0.29) is 0 Å². The molecule has 8 heavy (non-hydrogen) atoms. The summed E-state index contributed by atoms with van der Waals surface area (Å²) in [6.45, 7) is 2.25. The lowest BCUT2D eigenvalue weighted by molar-refractivity contribution is 0.121. The summed E-state index contributed by atoms with van der Waals surface area (Å²) < 4.78 is 5.16. The van der Waals surface area contributed by atoms with Gasteiger partial charge >= 0.3 is 0 Å². The molecule has 0 bridgehead atoms. The molecule has 0 aromatic rings. The first-order valence-electron chi connectivity index (χ1n) is 2.97. The first-order valence-corrected chi connectivity index (χ1v) is 4.02. The van der Waals surface area contributed by atoms with Crippen molar-refractivity contribution in [3.05, 3.63) is 0 Å². The third-order valence-corrected chi connectivity index (χ3v) is 2.82. The van der Waals surface area contributed by atoms with Gasteiger partial charge in [-0.25, -0.2) is 0 Å². The van der Waals surface area contributed by atoms with Crippen molar-refractivity contribution in [1.82, 2.24) is 0 Å². The van der Waals surface area contributed by atoms with Gasteiger partial charge in [-0.3, -0.25) is 0 Å². The normalized spacial score (nSPS) is 38.2. The second-order valence-corrected chi connectivity index (χ2v) is 3.71. The minimum atomic E-state index is 0.537. The summed E-state index contributed by atoms with van der Waals surface area (Å²) in [6, 6.07) is 0. The monoisotopic (exact) mass is 132 g/mol. The van der Waals surface area contributed by atoms with Gasteiger partial charge in [-0.05, 0) is 6.42 Å². The van der Waals surface area contributed by atoms with Gasteiger partial charge in [-0.15, -0.1) is 0 Å². The fourth-order valence-corrected chi connectivity index (χ4v) is 2.11. The summed E-state index contributed by atoms with van der Waals surface area (Å²) in [5.74, 6) is 1.19. The number of ether oxygens (including phenoxy) is 1. The Bertz CT molecular complexity index is 74.9. The molecule has 1 aliphatic heterocycles. The second kappa shape index (κ2) is 2.74. The predicted molar refractivity (Wildman–Crippen MR) is 37.3 cm³/mol. The molecule has 1 nitrogen and oxygen atoms in total. The van der Waals surface area contributed by atoms with E-state index in [0.29, 0.717) is 6.10 Å². The molecule has 48 valence electrons. The third-order valence-electron chi connectivity index (χ3n) is 1.49. The molecule has 0 radical (unpaired) electrons. The summed E-state index contributed by atoms with van der Waals surface area (Å²) >= 11 is 2.00. The van der Waals surface area contributed by atoms with Gasteiger partial charge in [0.2, 0.25) is 0 Å². The molecule has 2 unspecified atom stereocenters. The average molecular weight is 132 g/mol. The van der Waals surface area contributed by atoms with Gasteiger partial charge in [-0.1, -0.05) is 6.92 Å². The van der Waals surface area contributed by atoms with E-state index in [0.717, 1.165) is 5.25 Å². The summed E-state index contributed by atoms with van der Waals surface area (Å²) in [5, 5.41) is 0.819. The Balaban J connectivity index is 2.22. The molecule has 1 heterocycles. The highest BCUT2D eigenvalue weighted by molar-refractivity contribution is 8.00. The van der Waals surface area contributed by atoms with E-state index in [4.69, 9.17) is 4.74 Å². The minimum Gasteiger partial charge on any atom is -0.381 e. The zero-order valence-corrected chi connectivity index (χ0v) is 6.20. The number of hydrogen-bond acceptors (Lipinski definition) is 2. The molecule has 1 aliphatic rings. The van der Waals surface area contributed by atoms with E-state index in [1.807, 2.05) is 11.8 Å². The van der Waals surface area contributed by atoms with Crippen molar-refractivity contribution in [2.24, 2.45) is 0 Å². The highest BCUT2D eigenvalue weighted by Gasteiger charge is 2.20. The molecule has 2 heteroatoms. The molecule has 0 spiro atoms. The van der Waals surface area contributed by atoms with Crippen molar-refractivity contribution < 1.29 is 4.74 Å². The van der Waals surface area contributed by atoms with E-state index in [9.17, 15) is 0 Å². The summed E-state index contributed by atoms with van der Waals surface area (Å²) in [4.78, 5) is 0. The number of thioether (sulfide) groups is 1. The zero-order chi connectivity index (χ0) is 5.98. The van der Waals surface area contributed by atoms with E-state index in [1.165, 1.54) is 12.2 Å². The summed E-state index contributed by atoms with van der Waals surface area (Å²) in [6.07, 6.45) is 1.77. The molecular weight excluding hydrogens is 120 g/mol. The van der Waals surface area contributed by atoms with Gasteiger partial charge in [0.15, 0.2) is 0 Å². The van der Waals surface area contributed by atoms with Crippen LogP contribution < -0.4 is 0 Å². The van der Waals surface area contributed by atoms with E-state index >= 15 is 0 Å². The molecule has 0 saturated carbocycles. The van der Waals surface area contributed by atoms with Crippen LogP contribution in [-0.4, -0.2) is 24.2 Å². The SMILES string of the molecule is COC1CSC(C)C1. The topological polar surface area (TPSA) is 9.23 Å². The van der Waals surface area contributed by atoms with Crippen molar-refractivity contribution >= 4 is 11.8 Å². The summed E-state index contributed by atoms with van der Waals surface area (Å²) in [5.41, 5.74) is 0. The van der Waals surface area contributed by atoms with Crippen molar-refractivity contribution in [1.29, 1.82) is 0 Å². The number of hydrogen-bond donors (Lipinski definition) is 0. The van der Waals surface area contributed by atoms with Crippen LogP contribution in [0.3, 0.4) is 0 Å². The smallest absolute Gasteiger partial charge is 0.0672 e. The van der Waals surface area contributed by atoms with Crippen LogP contribution in [0.25, 0.3) is 0 Å². The third kappa shape index (κ3) is 1.39. The Hall–Kier alpha value is 0.310. The Morgan fingerprint density at radius 2 is 2.38 bits per heavy atom. The fourth-order valence-electron chi connectivity index (χ4n) is 0.942. The molecule has 2 atom stereocenters. The number of methoxy groups -OCH3 is 1. The van der Waals surface area contributed by atoms with Crippen LogP contribution in [0.4, 0.5) is 0 Å². The first kappa shape index (κ1) is 6.43. The van der Waals surface area contributed by atoms with Gasteiger partial charge in [-0.2, -0.15) is 11.8 Å². The second-order valence-electron chi connectivity index (χ2n) is 2.24. The molecule has 0 amide bonds. The molecule has 1 fully saturated rings. The lowest BCUT2D eigenvalue weighted by atomic mass is 10.2. The van der Waals surface area contributed by atoms with Crippen LogP contribution >= 0.6 is 11.8 Å². The molecule has 0 aliphatic carbocycles. The van der Waals surface area contributed by atoms with Crippen LogP contribution in [0.5, 0.6) is 0 Å². The molecule has 1 rings (SSSR count). The Morgan fingerprint density at radius 1 is 1.62 bits per heavy atom. The van der Waals surface area contributed by atoms with Gasteiger partial charge in [0.25, 0.3) is 0 Å². The van der Waals surface area contributed by atoms with Crippen LogP contribution in [-0.2, 0) is 4.74 Å². The quantitative estimate of drug-likeness (QED) is 0.535. The Morgan fingerprint density at radius 3 is 2.62 bits per heavy atom. The van der Waals surface area contributed by atoms with Gasteiger partial charge in [0.05, 0.1) is 6.10 Å². The van der Waals surface area contributed by atoms with Gasteiger partial charge < -0.3 is 4.74 Å². The van der Waals surface area contributed by atoms with Crippen molar-refractivity contribution in [2.45, 2.75) is 24.7 Å². The molecule has 0 aromatic carbocycles. The average Bonchev–Trinajstić information content (AvgIpc) is 2.14. The fraction of sp³-hybridized carbons (Fsp3) is 1.00. The van der Waals surface area contributed by atoms with Crippen molar-refractivity contribution in [3.8, 4) is 0 Å². The van der Waals surface area contributed by atoms with Crippen molar-refractivity contribution in [3.63, 3.8) is 0 Å². The van der Waals surface area contributed by atoms with E-state index in [2.05, 4.69) is 6.92 Å². The van der Waals surface area contributed by atoms with E-state index in [1.54, 1.807) is 7.11 Å². The van der Waals surface area contributed by atoms with Crippen LogP contribution in [0, 0.1) is 0 Å². The predicted octanol–water partition coefficient (Wildman–Crippen LogP) is 1.53. The minimum absolute atomic E-state index is 0.537. The first-order chi connectivity index (χ1) is 3.83. The maximum Gasteiger partial charge on any atom is 0.0672 e. The van der Waals surface area contributed by atoms with Crippen LogP contribution in [0.1, 0.15) is 13.3 Å². The Kier molecular flexibility index (Phi) is 2.20. The summed E-state index contributed by atoms with van der Waals surface area (Å²) in [7, 11) is 1.79. The lowest BCUT2D eigenvalue weighted by Gasteiger charge is -2.02. The molecular formula is C6H12OS. The largest absolute Gasteiger partial charge is 0.381 e. The molecule has 0 N–H and O–H groups in total. The van der Waals surface area contributed by atoms with Crippen LogP contribution in [0.15, 0.2) is 0 Å². The molecule has 0 aromatic heterocycles. The van der Waals surface area contributed by atoms with Crippen molar-refractivity contribution in [2.75, 3.05) is 12.9 Å². The number of rotatable bonds is 1. The Labute approximate surface area is 54.8 Å². The van der Waals surface area contributed by atoms with Gasteiger partial charge in [0.1, 0.15) is 0 Å².